The summed E-state index contributed by atoms with van der Waals surface area (Å²) in [4.78, 5) is 74.1. The van der Waals surface area contributed by atoms with Crippen LogP contribution in [-0.2, 0) is 30.4 Å². The second-order valence-corrected chi connectivity index (χ2v) is 18.3. The standard InChI is InChI=1S/C51H58N8O8/c1-8-27(2)43(56-50(62)65-6)49(61)59-29(4)28(3)18-41(59)46-52-23-39(54-46)33-14-16-35-34(20-33)26-67-42-22-36-32(21-37(35)42)15-17-38-45(36)55-47(53-38)40-19-30(25-64-5)24-58(40)48(60)44(57-51(63)66-7)31-12-10-9-11-13-31/h9-17,20-23,27-30,40-41,43-44H,8,18-19,24-26H2,1-7H3,(H,52,54)(H,53,55)(H,56,62)(H,57,63)/t27-,28+,29+,30-,40-,41-,43-,44+/m0/s1. The van der Waals surface area contributed by atoms with Crippen molar-refractivity contribution >= 4 is 45.8 Å². The Balaban J connectivity index is 0.985. The maximum Gasteiger partial charge on any atom is 0.407 e. The highest BCUT2D eigenvalue weighted by Gasteiger charge is 2.45. The van der Waals surface area contributed by atoms with Crippen LogP contribution in [0.15, 0.2) is 79.0 Å². The number of carbonyl (C=O) groups is 4. The number of methoxy groups -OCH3 is 3. The van der Waals surface area contributed by atoms with E-state index in [1.165, 1.54) is 14.2 Å². The second-order valence-electron chi connectivity index (χ2n) is 18.3. The van der Waals surface area contributed by atoms with Crippen LogP contribution in [0.5, 0.6) is 5.75 Å². The molecule has 2 fully saturated rings. The Morgan fingerprint density at radius 3 is 2.39 bits per heavy atom. The molecule has 3 aliphatic heterocycles. The number of carbonyl (C=O) groups excluding carboxylic acids is 4. The zero-order chi connectivity index (χ0) is 47.1. The Labute approximate surface area is 389 Å². The van der Waals surface area contributed by atoms with Crippen molar-refractivity contribution in [3.05, 3.63) is 102 Å². The summed E-state index contributed by atoms with van der Waals surface area (Å²) in [6.07, 6.45) is 2.57. The lowest BCUT2D eigenvalue weighted by molar-refractivity contribution is -0.138. The van der Waals surface area contributed by atoms with Gasteiger partial charge < -0.3 is 49.3 Å². The number of aromatic nitrogens is 4. The molecule has 4 aromatic carbocycles. The van der Waals surface area contributed by atoms with Gasteiger partial charge in [-0.3, -0.25) is 9.59 Å². The summed E-state index contributed by atoms with van der Waals surface area (Å²) in [5, 5.41) is 7.49. The number of amides is 4. The highest BCUT2D eigenvalue weighted by atomic mass is 16.5. The molecule has 3 aliphatic rings. The fourth-order valence-electron chi connectivity index (χ4n) is 10.2. The average Bonchev–Trinajstić information content (AvgIpc) is 4.17. The fraction of sp³-hybridized carbons (Fsp3) is 0.412. The highest BCUT2D eigenvalue weighted by molar-refractivity contribution is 6.07. The van der Waals surface area contributed by atoms with Gasteiger partial charge in [0.05, 0.1) is 55.8 Å². The Bertz CT molecular complexity index is 2830. The number of alkyl carbamates (subject to hydrolysis) is 2. The number of aromatic amines is 2. The van der Waals surface area contributed by atoms with E-state index in [2.05, 4.69) is 70.8 Å². The van der Waals surface area contributed by atoms with Gasteiger partial charge in [0.15, 0.2) is 0 Å². The van der Waals surface area contributed by atoms with Crippen molar-refractivity contribution < 1.29 is 38.1 Å². The lowest BCUT2D eigenvalue weighted by Crippen LogP contribution is -2.53. The van der Waals surface area contributed by atoms with Crippen molar-refractivity contribution in [2.24, 2.45) is 17.8 Å². The maximum absolute atomic E-state index is 14.4. The van der Waals surface area contributed by atoms with Gasteiger partial charge in [0.1, 0.15) is 36.1 Å². The van der Waals surface area contributed by atoms with Gasteiger partial charge in [-0.05, 0) is 83.5 Å². The molecule has 4 amide bonds. The largest absolute Gasteiger partial charge is 0.488 e. The molecule has 16 nitrogen and oxygen atoms in total. The molecule has 8 atom stereocenters. The molecule has 0 unspecified atom stereocenters. The minimum atomic E-state index is -0.957. The zero-order valence-corrected chi connectivity index (χ0v) is 38.9. The molecular formula is C51H58N8O8. The molecule has 2 aromatic heterocycles. The third-order valence-electron chi connectivity index (χ3n) is 14.2. The number of benzene rings is 4. The predicted molar refractivity (Wildman–Crippen MR) is 252 cm³/mol. The van der Waals surface area contributed by atoms with E-state index >= 15 is 0 Å². The number of ether oxygens (including phenoxy) is 4. The monoisotopic (exact) mass is 910 g/mol. The summed E-state index contributed by atoms with van der Waals surface area (Å²) in [5.74, 6) is 1.89. The molecule has 350 valence electrons. The van der Waals surface area contributed by atoms with Crippen LogP contribution < -0.4 is 15.4 Å². The molecule has 16 heteroatoms. The van der Waals surface area contributed by atoms with E-state index in [0.717, 1.165) is 61.9 Å². The van der Waals surface area contributed by atoms with E-state index in [1.807, 2.05) is 61.3 Å². The van der Waals surface area contributed by atoms with E-state index in [9.17, 15) is 19.2 Å². The number of imidazole rings is 2. The van der Waals surface area contributed by atoms with E-state index in [-0.39, 0.29) is 41.7 Å². The average molecular weight is 911 g/mol. The SMILES string of the molecule is CC[C@H](C)[C@H](NC(=O)OC)C(=O)N1[C@H](C)[C@H](C)C[C@H]1c1ncc(-c2ccc3c(c2)COc2cc4c(ccc5nc([C@@H]6C[C@H](COC)CN6C(=O)[C@H](NC(=O)OC)c6ccccc6)[nH]c54)cc2-3)[nH]1. The number of nitrogens with one attached hydrogen (secondary N) is 4. The Morgan fingerprint density at radius 1 is 0.866 bits per heavy atom. The molecule has 5 heterocycles. The van der Waals surface area contributed by atoms with Crippen LogP contribution in [0.4, 0.5) is 9.59 Å². The minimum absolute atomic E-state index is 0.0564. The molecule has 0 saturated carbocycles. The Kier molecular flexibility index (Phi) is 12.7. The third kappa shape index (κ3) is 8.54. The van der Waals surface area contributed by atoms with Crippen LogP contribution in [0.3, 0.4) is 0 Å². The molecule has 9 rings (SSSR count). The van der Waals surface area contributed by atoms with Gasteiger partial charge in [-0.1, -0.05) is 75.7 Å². The topological polar surface area (TPSA) is 193 Å². The number of hydrogen-bond acceptors (Lipinski definition) is 10. The van der Waals surface area contributed by atoms with Gasteiger partial charge >= 0.3 is 12.2 Å². The molecule has 2 saturated heterocycles. The van der Waals surface area contributed by atoms with E-state index in [4.69, 9.17) is 28.9 Å². The quantitative estimate of drug-likeness (QED) is 0.0927. The molecular weight excluding hydrogens is 853 g/mol. The van der Waals surface area contributed by atoms with Gasteiger partial charge in [0.25, 0.3) is 5.91 Å². The van der Waals surface area contributed by atoms with Crippen molar-refractivity contribution in [1.29, 1.82) is 0 Å². The molecule has 0 radical (unpaired) electrons. The van der Waals surface area contributed by atoms with Crippen LogP contribution in [0.2, 0.25) is 0 Å². The number of rotatable bonds is 12. The number of H-pyrrole nitrogens is 2. The first kappa shape index (κ1) is 45.2. The maximum atomic E-state index is 14.4. The molecule has 67 heavy (non-hydrogen) atoms. The fourth-order valence-corrected chi connectivity index (χ4v) is 10.2. The molecule has 0 aliphatic carbocycles. The van der Waals surface area contributed by atoms with Crippen molar-refractivity contribution in [1.82, 2.24) is 40.4 Å². The van der Waals surface area contributed by atoms with Gasteiger partial charge in [-0.2, -0.15) is 0 Å². The predicted octanol–water partition coefficient (Wildman–Crippen LogP) is 8.37. The highest BCUT2D eigenvalue weighted by Crippen LogP contribution is 2.45. The second kappa shape index (κ2) is 18.7. The summed E-state index contributed by atoms with van der Waals surface area (Å²) in [6.45, 7) is 9.42. The molecule has 6 aromatic rings. The van der Waals surface area contributed by atoms with Crippen molar-refractivity contribution in [3.63, 3.8) is 0 Å². The smallest absolute Gasteiger partial charge is 0.407 e. The molecule has 4 N–H and O–H groups in total. The first-order valence-corrected chi connectivity index (χ1v) is 23.0. The first-order valence-electron chi connectivity index (χ1n) is 23.0. The van der Waals surface area contributed by atoms with Crippen molar-refractivity contribution in [2.75, 3.05) is 34.5 Å². The summed E-state index contributed by atoms with van der Waals surface area (Å²) in [5.41, 5.74) is 7.10. The van der Waals surface area contributed by atoms with Crippen LogP contribution in [-0.4, -0.2) is 100 Å². The van der Waals surface area contributed by atoms with Gasteiger partial charge in [0.2, 0.25) is 5.91 Å². The lowest BCUT2D eigenvalue weighted by Gasteiger charge is -2.34. The van der Waals surface area contributed by atoms with Crippen LogP contribution in [0, 0.1) is 17.8 Å². The van der Waals surface area contributed by atoms with Crippen molar-refractivity contribution in [2.45, 2.75) is 83.8 Å². The van der Waals surface area contributed by atoms with Crippen molar-refractivity contribution in [3.8, 4) is 28.1 Å². The molecule has 0 bridgehead atoms. The van der Waals surface area contributed by atoms with E-state index in [1.54, 1.807) is 12.0 Å². The van der Waals surface area contributed by atoms with E-state index < -0.39 is 30.3 Å². The van der Waals surface area contributed by atoms with Crippen LogP contribution in [0.25, 0.3) is 44.2 Å². The summed E-state index contributed by atoms with van der Waals surface area (Å²) >= 11 is 0. The van der Waals surface area contributed by atoms with Gasteiger partial charge in [0, 0.05) is 36.6 Å². The molecule has 0 spiro atoms. The minimum Gasteiger partial charge on any atom is -0.488 e. The van der Waals surface area contributed by atoms with Gasteiger partial charge in [-0.25, -0.2) is 19.6 Å². The van der Waals surface area contributed by atoms with Crippen LogP contribution in [0.1, 0.15) is 87.9 Å². The number of fused-ring (bicyclic) bond motifs is 6. The summed E-state index contributed by atoms with van der Waals surface area (Å²) in [6, 6.07) is 21.3. The number of hydrogen-bond donors (Lipinski definition) is 4. The van der Waals surface area contributed by atoms with E-state index in [0.29, 0.717) is 49.8 Å². The number of nitrogens with zero attached hydrogens (tertiary/aromatic N) is 4. The summed E-state index contributed by atoms with van der Waals surface area (Å²) < 4.78 is 21.8. The zero-order valence-electron chi connectivity index (χ0n) is 38.9. The Hall–Kier alpha value is -6.94. The number of likely N-dealkylation sites (tertiary alicyclic amines) is 2. The van der Waals surface area contributed by atoms with Crippen LogP contribution >= 0.6 is 0 Å². The summed E-state index contributed by atoms with van der Waals surface area (Å²) in [7, 11) is 4.24. The lowest BCUT2D eigenvalue weighted by atomic mass is 9.92. The Morgan fingerprint density at radius 2 is 1.64 bits per heavy atom. The normalized spacial score (nSPS) is 21.3. The third-order valence-corrected chi connectivity index (χ3v) is 14.2. The van der Waals surface area contributed by atoms with Gasteiger partial charge in [-0.15, -0.1) is 0 Å². The first-order chi connectivity index (χ1) is 32.4.